The molecule has 4 amide bonds. The van der Waals surface area contributed by atoms with Crippen LogP contribution in [0.2, 0.25) is 0 Å². The number of imide groups is 1. The van der Waals surface area contributed by atoms with Gasteiger partial charge in [0, 0.05) is 38.5 Å². The maximum absolute atomic E-state index is 13.4. The summed E-state index contributed by atoms with van der Waals surface area (Å²) >= 11 is 0. The van der Waals surface area contributed by atoms with E-state index in [1.165, 1.54) is 12.8 Å². The first-order valence-electron chi connectivity index (χ1n) is 13.3. The molecule has 190 valence electrons. The largest absolute Gasteiger partial charge is 0.342 e. The van der Waals surface area contributed by atoms with E-state index in [4.69, 9.17) is 0 Å². The van der Waals surface area contributed by atoms with Gasteiger partial charge < -0.3 is 9.80 Å². The number of fused-ring (bicyclic) bond motifs is 1. The molecule has 0 bridgehead atoms. The van der Waals surface area contributed by atoms with Crippen LogP contribution in [0.5, 0.6) is 0 Å². The second-order valence-electron chi connectivity index (χ2n) is 10.8. The van der Waals surface area contributed by atoms with Crippen LogP contribution in [-0.4, -0.2) is 71.1 Å². The quantitative estimate of drug-likeness (QED) is 0.616. The van der Waals surface area contributed by atoms with Crippen LogP contribution in [0.15, 0.2) is 42.5 Å². The third kappa shape index (κ3) is 4.63. The van der Waals surface area contributed by atoms with E-state index < -0.39 is 5.41 Å². The van der Waals surface area contributed by atoms with Gasteiger partial charge in [-0.05, 0) is 48.9 Å². The second kappa shape index (κ2) is 10.0. The Morgan fingerprint density at radius 3 is 2.22 bits per heavy atom. The number of amides is 4. The summed E-state index contributed by atoms with van der Waals surface area (Å²) in [6.45, 7) is 4.22. The summed E-state index contributed by atoms with van der Waals surface area (Å²) in [5.41, 5.74) is -0.184. The number of likely N-dealkylation sites (tertiary alicyclic amines) is 3. The molecule has 3 aliphatic heterocycles. The molecule has 2 aromatic rings. The van der Waals surface area contributed by atoms with Gasteiger partial charge in [-0.2, -0.15) is 0 Å². The number of piperidine rings is 1. The molecular formula is C29H35N3O4. The number of hydrogen-bond donors (Lipinski definition) is 0. The van der Waals surface area contributed by atoms with Crippen molar-refractivity contribution in [1.29, 1.82) is 0 Å². The smallest absolute Gasteiger partial charge is 0.242 e. The molecule has 7 heteroatoms. The third-order valence-electron chi connectivity index (χ3n) is 8.32. The van der Waals surface area contributed by atoms with Crippen molar-refractivity contribution < 1.29 is 19.2 Å². The standard InChI is InChI=1S/C29H35N3O4/c1-29(24-11-10-21-8-4-5-9-23(21)18-24)19-25(33)32(28(29)36)20-26(34)30-16-12-22(13-17-30)27(35)31-14-6-2-3-7-15-31/h4-5,8-11,18,22H,2-3,6-7,12-17,19-20H2,1H3/t29-/m0/s1. The Morgan fingerprint density at radius 2 is 1.53 bits per heavy atom. The minimum absolute atomic E-state index is 0.0432. The summed E-state index contributed by atoms with van der Waals surface area (Å²) in [5.74, 6) is -0.670. The van der Waals surface area contributed by atoms with Crippen LogP contribution in [-0.2, 0) is 24.6 Å². The lowest BCUT2D eigenvalue weighted by atomic mass is 9.80. The highest BCUT2D eigenvalue weighted by Gasteiger charge is 2.50. The van der Waals surface area contributed by atoms with Gasteiger partial charge in [-0.1, -0.05) is 55.3 Å². The van der Waals surface area contributed by atoms with Crippen LogP contribution in [0.1, 0.15) is 57.4 Å². The lowest BCUT2D eigenvalue weighted by Gasteiger charge is -2.34. The number of carbonyl (C=O) groups is 4. The van der Waals surface area contributed by atoms with E-state index in [2.05, 4.69) is 0 Å². The molecule has 3 fully saturated rings. The van der Waals surface area contributed by atoms with Gasteiger partial charge in [0.1, 0.15) is 6.54 Å². The molecule has 1 atom stereocenters. The zero-order valence-corrected chi connectivity index (χ0v) is 21.1. The minimum Gasteiger partial charge on any atom is -0.342 e. The Balaban J connectivity index is 1.20. The van der Waals surface area contributed by atoms with Gasteiger partial charge in [0.15, 0.2) is 0 Å². The molecular weight excluding hydrogens is 454 g/mol. The van der Waals surface area contributed by atoms with Gasteiger partial charge in [-0.3, -0.25) is 24.1 Å². The highest BCUT2D eigenvalue weighted by atomic mass is 16.2. The van der Waals surface area contributed by atoms with Crippen molar-refractivity contribution in [3.8, 4) is 0 Å². The predicted octanol–water partition coefficient (Wildman–Crippen LogP) is 3.50. The first-order chi connectivity index (χ1) is 17.4. The first-order valence-corrected chi connectivity index (χ1v) is 13.3. The summed E-state index contributed by atoms with van der Waals surface area (Å²) in [7, 11) is 0. The van der Waals surface area contributed by atoms with Gasteiger partial charge >= 0.3 is 0 Å². The van der Waals surface area contributed by atoms with Crippen LogP contribution in [0.25, 0.3) is 10.8 Å². The summed E-state index contributed by atoms with van der Waals surface area (Å²) in [6, 6.07) is 13.8. The molecule has 7 nitrogen and oxygen atoms in total. The zero-order valence-electron chi connectivity index (χ0n) is 21.1. The van der Waals surface area contributed by atoms with Crippen LogP contribution < -0.4 is 0 Å². The number of carbonyl (C=O) groups excluding carboxylic acids is 4. The average Bonchev–Trinajstić information content (AvgIpc) is 3.09. The molecule has 0 radical (unpaired) electrons. The van der Waals surface area contributed by atoms with Crippen molar-refractivity contribution in [2.45, 2.75) is 57.3 Å². The number of benzene rings is 2. The molecule has 0 saturated carbocycles. The summed E-state index contributed by atoms with van der Waals surface area (Å²) in [6.07, 6.45) is 5.84. The van der Waals surface area contributed by atoms with E-state index in [-0.39, 0.29) is 42.5 Å². The van der Waals surface area contributed by atoms with Crippen LogP contribution >= 0.6 is 0 Å². The predicted molar refractivity (Wildman–Crippen MR) is 137 cm³/mol. The first kappa shape index (κ1) is 24.5. The monoisotopic (exact) mass is 489 g/mol. The Hall–Kier alpha value is -3.22. The maximum atomic E-state index is 13.4. The van der Waals surface area contributed by atoms with Gasteiger partial charge in [0.25, 0.3) is 0 Å². The summed E-state index contributed by atoms with van der Waals surface area (Å²) in [4.78, 5) is 57.2. The molecule has 5 rings (SSSR count). The van der Waals surface area contributed by atoms with E-state index in [0.29, 0.717) is 25.9 Å². The third-order valence-corrected chi connectivity index (χ3v) is 8.32. The highest BCUT2D eigenvalue weighted by molar-refractivity contribution is 6.11. The van der Waals surface area contributed by atoms with E-state index in [9.17, 15) is 19.2 Å². The summed E-state index contributed by atoms with van der Waals surface area (Å²) < 4.78 is 0. The SMILES string of the molecule is C[C@@]1(c2ccc3ccccc3c2)CC(=O)N(CC(=O)N2CCC(C(=O)N3CCCCCC3)CC2)C1=O. The molecule has 3 heterocycles. The fraction of sp³-hybridized carbons (Fsp3) is 0.517. The van der Waals surface area contributed by atoms with E-state index in [1.54, 1.807) is 11.8 Å². The van der Waals surface area contributed by atoms with Gasteiger partial charge in [-0.15, -0.1) is 0 Å². The Labute approximate surface area is 212 Å². The Bertz CT molecular complexity index is 1180. The van der Waals surface area contributed by atoms with Crippen molar-refractivity contribution in [2.75, 3.05) is 32.7 Å². The zero-order chi connectivity index (χ0) is 25.3. The minimum atomic E-state index is -0.978. The van der Waals surface area contributed by atoms with Gasteiger partial charge in [-0.25, -0.2) is 0 Å². The van der Waals surface area contributed by atoms with Crippen molar-refractivity contribution >= 4 is 34.4 Å². The molecule has 0 unspecified atom stereocenters. The average molecular weight is 490 g/mol. The number of nitrogens with zero attached hydrogens (tertiary/aromatic N) is 3. The fourth-order valence-electron chi connectivity index (χ4n) is 5.96. The van der Waals surface area contributed by atoms with Crippen molar-refractivity contribution in [3.05, 3.63) is 48.0 Å². The lowest BCUT2D eigenvalue weighted by molar-refractivity contribution is -0.147. The second-order valence-corrected chi connectivity index (χ2v) is 10.8. The topological polar surface area (TPSA) is 78.0 Å². The van der Waals surface area contributed by atoms with Crippen LogP contribution in [0.4, 0.5) is 0 Å². The van der Waals surface area contributed by atoms with Gasteiger partial charge in [0.2, 0.25) is 23.6 Å². The normalized spacial score (nSPS) is 23.9. The van der Waals surface area contributed by atoms with Crippen LogP contribution in [0.3, 0.4) is 0 Å². The molecule has 0 aliphatic carbocycles. The van der Waals surface area contributed by atoms with Crippen LogP contribution in [0, 0.1) is 5.92 Å². The van der Waals surface area contributed by atoms with Gasteiger partial charge in [0.05, 0.1) is 5.41 Å². The van der Waals surface area contributed by atoms with E-state index in [1.807, 2.05) is 47.4 Å². The van der Waals surface area contributed by atoms with Crippen molar-refractivity contribution in [2.24, 2.45) is 5.92 Å². The molecule has 0 spiro atoms. The Kier molecular flexibility index (Phi) is 6.82. The number of hydrogen-bond acceptors (Lipinski definition) is 4. The van der Waals surface area contributed by atoms with E-state index in [0.717, 1.165) is 47.2 Å². The molecule has 3 aliphatic rings. The number of rotatable bonds is 4. The molecule has 3 saturated heterocycles. The Morgan fingerprint density at radius 1 is 0.861 bits per heavy atom. The molecule has 0 N–H and O–H groups in total. The lowest BCUT2D eigenvalue weighted by Crippen LogP contribution is -2.48. The van der Waals surface area contributed by atoms with E-state index >= 15 is 0 Å². The highest BCUT2D eigenvalue weighted by Crippen LogP contribution is 2.37. The molecule has 2 aromatic carbocycles. The fourth-order valence-corrected chi connectivity index (χ4v) is 5.96. The maximum Gasteiger partial charge on any atom is 0.242 e. The van der Waals surface area contributed by atoms with Crippen molar-refractivity contribution in [3.63, 3.8) is 0 Å². The molecule has 36 heavy (non-hydrogen) atoms. The molecule has 0 aromatic heterocycles. The van der Waals surface area contributed by atoms with Crippen molar-refractivity contribution in [1.82, 2.24) is 14.7 Å². The summed E-state index contributed by atoms with van der Waals surface area (Å²) in [5, 5.41) is 2.09.